The number of ether oxygens (including phenoxy) is 3. The molecule has 1 amide bonds. The lowest BCUT2D eigenvalue weighted by atomic mass is 10.0. The molecule has 9 nitrogen and oxygen atoms in total. The summed E-state index contributed by atoms with van der Waals surface area (Å²) in [6.07, 6.45) is 0.689. The summed E-state index contributed by atoms with van der Waals surface area (Å²) in [4.78, 5) is 34.7. The van der Waals surface area contributed by atoms with Gasteiger partial charge in [-0.05, 0) is 27.2 Å². The van der Waals surface area contributed by atoms with Crippen LogP contribution in [0.5, 0.6) is 11.5 Å². The molecule has 0 saturated heterocycles. The number of esters is 1. The highest BCUT2D eigenvalue weighted by molar-refractivity contribution is 5.96. The largest absolute Gasteiger partial charge is 0.493 e. The Balaban J connectivity index is 3.01. The van der Waals surface area contributed by atoms with E-state index >= 15 is 0 Å². The Morgan fingerprint density at radius 3 is 2.38 bits per heavy atom. The number of rotatable bonds is 9. The maximum absolute atomic E-state index is 12.3. The van der Waals surface area contributed by atoms with E-state index in [1.807, 2.05) is 20.8 Å². The van der Waals surface area contributed by atoms with Gasteiger partial charge in [0, 0.05) is 11.6 Å². The van der Waals surface area contributed by atoms with Gasteiger partial charge < -0.3 is 19.5 Å². The van der Waals surface area contributed by atoms with Crippen molar-refractivity contribution in [1.82, 2.24) is 5.32 Å². The van der Waals surface area contributed by atoms with Crippen molar-refractivity contribution in [3.8, 4) is 11.5 Å². The number of nitro groups is 1. The molecule has 0 bridgehead atoms. The highest BCUT2D eigenvalue weighted by Crippen LogP contribution is 2.35. The fraction of sp³-hybridized carbons (Fsp3) is 0.529. The van der Waals surface area contributed by atoms with Crippen molar-refractivity contribution in [3.63, 3.8) is 0 Å². The molecular formula is C17H24N2O7. The standard InChI is InChI=1S/C17H24N2O7/c1-6-17(3,4)18-15(20)10-26-16(21)11-8-14(25-7-2)13(24-5)9-12(11)19(22)23/h8-9H,6-7,10H2,1-5H3,(H,18,20). The first kappa shape index (κ1) is 21.2. The summed E-state index contributed by atoms with van der Waals surface area (Å²) in [6, 6.07) is 2.26. The Kier molecular flexibility index (Phi) is 7.36. The van der Waals surface area contributed by atoms with Crippen molar-refractivity contribution in [3.05, 3.63) is 27.8 Å². The molecule has 0 fully saturated rings. The summed E-state index contributed by atoms with van der Waals surface area (Å²) in [5.41, 5.74) is -1.26. The highest BCUT2D eigenvalue weighted by Gasteiger charge is 2.27. The van der Waals surface area contributed by atoms with E-state index in [4.69, 9.17) is 14.2 Å². The number of benzene rings is 1. The zero-order chi connectivity index (χ0) is 19.9. The van der Waals surface area contributed by atoms with Gasteiger partial charge in [-0.25, -0.2) is 4.79 Å². The molecule has 0 saturated carbocycles. The van der Waals surface area contributed by atoms with Crippen LogP contribution in [0.2, 0.25) is 0 Å². The van der Waals surface area contributed by atoms with E-state index in [1.54, 1.807) is 6.92 Å². The van der Waals surface area contributed by atoms with E-state index in [9.17, 15) is 19.7 Å². The molecule has 144 valence electrons. The van der Waals surface area contributed by atoms with E-state index in [0.29, 0.717) is 6.42 Å². The Morgan fingerprint density at radius 1 is 1.23 bits per heavy atom. The number of amides is 1. The van der Waals surface area contributed by atoms with Crippen molar-refractivity contribution in [2.75, 3.05) is 20.3 Å². The summed E-state index contributed by atoms with van der Waals surface area (Å²) in [7, 11) is 1.33. The second-order valence-corrected chi connectivity index (χ2v) is 6.07. The van der Waals surface area contributed by atoms with Crippen LogP contribution in [0.4, 0.5) is 5.69 Å². The zero-order valence-corrected chi connectivity index (χ0v) is 15.6. The molecule has 1 aromatic rings. The Hall–Kier alpha value is -2.84. The van der Waals surface area contributed by atoms with Crippen LogP contribution in [0, 0.1) is 10.1 Å². The average molecular weight is 368 g/mol. The first-order valence-corrected chi connectivity index (χ1v) is 8.12. The van der Waals surface area contributed by atoms with Gasteiger partial charge in [-0.15, -0.1) is 0 Å². The number of hydrogen-bond donors (Lipinski definition) is 1. The quantitative estimate of drug-likeness (QED) is 0.404. The van der Waals surface area contributed by atoms with Crippen LogP contribution in [-0.4, -0.2) is 42.7 Å². The van der Waals surface area contributed by atoms with Gasteiger partial charge in [-0.3, -0.25) is 14.9 Å². The minimum absolute atomic E-state index is 0.123. The fourth-order valence-electron chi connectivity index (χ4n) is 2.00. The topological polar surface area (TPSA) is 117 Å². The molecule has 1 N–H and O–H groups in total. The van der Waals surface area contributed by atoms with Crippen LogP contribution < -0.4 is 14.8 Å². The van der Waals surface area contributed by atoms with Gasteiger partial charge in [-0.1, -0.05) is 6.92 Å². The van der Waals surface area contributed by atoms with Crippen LogP contribution in [0.25, 0.3) is 0 Å². The van der Waals surface area contributed by atoms with Crippen molar-refractivity contribution in [2.45, 2.75) is 39.7 Å². The third kappa shape index (κ3) is 5.61. The second-order valence-electron chi connectivity index (χ2n) is 6.07. The van der Waals surface area contributed by atoms with Crippen molar-refractivity contribution in [1.29, 1.82) is 0 Å². The molecule has 9 heteroatoms. The van der Waals surface area contributed by atoms with E-state index < -0.39 is 34.6 Å². The number of nitro benzene ring substituents is 1. The van der Waals surface area contributed by atoms with Gasteiger partial charge in [0.1, 0.15) is 5.56 Å². The second kappa shape index (κ2) is 9.02. The van der Waals surface area contributed by atoms with E-state index in [-0.39, 0.29) is 23.7 Å². The molecule has 0 unspecified atom stereocenters. The first-order chi connectivity index (χ1) is 12.1. The number of nitrogens with one attached hydrogen (secondary N) is 1. The Bertz CT molecular complexity index is 686. The van der Waals surface area contributed by atoms with Crippen LogP contribution in [0.15, 0.2) is 12.1 Å². The van der Waals surface area contributed by atoms with E-state index in [2.05, 4.69) is 5.32 Å². The summed E-state index contributed by atoms with van der Waals surface area (Å²) in [5.74, 6) is -1.20. The zero-order valence-electron chi connectivity index (χ0n) is 15.6. The molecule has 0 aliphatic heterocycles. The van der Waals surface area contributed by atoms with Crippen molar-refractivity contribution >= 4 is 17.6 Å². The highest BCUT2D eigenvalue weighted by atomic mass is 16.6. The normalized spacial score (nSPS) is 10.8. The summed E-state index contributed by atoms with van der Waals surface area (Å²) in [6.45, 7) is 7.01. The van der Waals surface area contributed by atoms with Crippen molar-refractivity contribution < 1.29 is 28.7 Å². The van der Waals surface area contributed by atoms with Gasteiger partial charge in [0.15, 0.2) is 18.1 Å². The Morgan fingerprint density at radius 2 is 1.88 bits per heavy atom. The van der Waals surface area contributed by atoms with Gasteiger partial charge >= 0.3 is 5.97 Å². The summed E-state index contributed by atoms with van der Waals surface area (Å²) in [5, 5.41) is 14.0. The van der Waals surface area contributed by atoms with Gasteiger partial charge in [0.2, 0.25) is 0 Å². The Labute approximate surface area is 151 Å². The maximum atomic E-state index is 12.3. The lowest BCUT2D eigenvalue weighted by Crippen LogP contribution is -2.44. The molecule has 0 atom stereocenters. The molecular weight excluding hydrogens is 344 g/mol. The van der Waals surface area contributed by atoms with Gasteiger partial charge in [0.25, 0.3) is 11.6 Å². The van der Waals surface area contributed by atoms with Crippen LogP contribution in [-0.2, 0) is 9.53 Å². The number of carbonyl (C=O) groups excluding carboxylic acids is 2. The van der Waals surface area contributed by atoms with Crippen LogP contribution in [0.1, 0.15) is 44.5 Å². The third-order valence-corrected chi connectivity index (χ3v) is 3.69. The predicted molar refractivity (Wildman–Crippen MR) is 93.6 cm³/mol. The number of nitrogens with zero attached hydrogens (tertiary/aromatic N) is 1. The molecule has 1 aromatic carbocycles. The maximum Gasteiger partial charge on any atom is 0.345 e. The van der Waals surface area contributed by atoms with Crippen molar-refractivity contribution in [2.24, 2.45) is 0 Å². The number of methoxy groups -OCH3 is 1. The summed E-state index contributed by atoms with van der Waals surface area (Å²) < 4.78 is 15.3. The predicted octanol–water partition coefficient (Wildman–Crippen LogP) is 2.46. The molecule has 0 heterocycles. The smallest absolute Gasteiger partial charge is 0.345 e. The van der Waals surface area contributed by atoms with Crippen LogP contribution in [0.3, 0.4) is 0 Å². The molecule has 1 rings (SSSR count). The molecule has 0 radical (unpaired) electrons. The number of hydrogen-bond acceptors (Lipinski definition) is 7. The third-order valence-electron chi connectivity index (χ3n) is 3.69. The lowest BCUT2D eigenvalue weighted by Gasteiger charge is -2.24. The minimum Gasteiger partial charge on any atom is -0.493 e. The van der Waals surface area contributed by atoms with Crippen LogP contribution >= 0.6 is 0 Å². The number of carbonyl (C=O) groups is 2. The van der Waals surface area contributed by atoms with E-state index in [0.717, 1.165) is 6.07 Å². The first-order valence-electron chi connectivity index (χ1n) is 8.12. The molecule has 0 aliphatic rings. The fourth-order valence-corrected chi connectivity index (χ4v) is 2.00. The molecule has 0 spiro atoms. The summed E-state index contributed by atoms with van der Waals surface area (Å²) >= 11 is 0. The SMILES string of the molecule is CCOc1cc(C(=O)OCC(=O)NC(C)(C)CC)c([N+](=O)[O-])cc1OC. The molecule has 0 aromatic heterocycles. The lowest BCUT2D eigenvalue weighted by molar-refractivity contribution is -0.385. The van der Waals surface area contributed by atoms with Gasteiger partial charge in [-0.2, -0.15) is 0 Å². The molecule has 0 aliphatic carbocycles. The monoisotopic (exact) mass is 368 g/mol. The average Bonchev–Trinajstić information content (AvgIpc) is 2.59. The molecule has 26 heavy (non-hydrogen) atoms. The minimum atomic E-state index is -0.996. The van der Waals surface area contributed by atoms with E-state index in [1.165, 1.54) is 13.2 Å². The van der Waals surface area contributed by atoms with Gasteiger partial charge in [0.05, 0.1) is 24.7 Å².